The van der Waals surface area contributed by atoms with E-state index in [0.717, 1.165) is 55.3 Å². The van der Waals surface area contributed by atoms with Crippen LogP contribution in [0, 0.1) is 0 Å². The summed E-state index contributed by atoms with van der Waals surface area (Å²) in [6, 6.07) is 46.4. The number of benzene rings is 5. The summed E-state index contributed by atoms with van der Waals surface area (Å²) in [7, 11) is 0. The van der Waals surface area contributed by atoms with Gasteiger partial charge in [0.25, 0.3) is 0 Å². The average Bonchev–Trinajstić information content (AvgIpc) is 3.56. The first-order valence-electron chi connectivity index (χ1n) is 14.1. The second-order valence-electron chi connectivity index (χ2n) is 10.5. The van der Waals surface area contributed by atoms with Gasteiger partial charge in [-0.25, -0.2) is 15.0 Å². The number of hydrogen-bond donors (Lipinski definition) is 0. The van der Waals surface area contributed by atoms with E-state index in [9.17, 15) is 0 Å². The molecule has 4 heterocycles. The third-order valence-electron chi connectivity index (χ3n) is 8.17. The first kappa shape index (κ1) is 22.9. The standard InChI is InChI=1S/C37H23N5/c1-3-12-24(13-4-1)35-28-17-7-9-19-31(28)39-37(40-35)42-34-22-29-26-16-8-10-20-32(26)41(25-14-5-2-6-15-25)33(29)23-30(34)27-18-11-21-38-36(27)42/h1-23H. The number of nitrogens with zero attached hydrogens (tertiary/aromatic N) is 5. The monoisotopic (exact) mass is 537 g/mol. The van der Waals surface area contributed by atoms with Crippen LogP contribution in [0.5, 0.6) is 0 Å². The highest BCUT2D eigenvalue weighted by atomic mass is 15.2. The molecule has 0 saturated carbocycles. The van der Waals surface area contributed by atoms with Gasteiger partial charge in [-0.3, -0.25) is 4.57 Å². The van der Waals surface area contributed by atoms with Gasteiger partial charge in [0.05, 0.1) is 27.8 Å². The third-order valence-corrected chi connectivity index (χ3v) is 8.17. The molecule has 196 valence electrons. The van der Waals surface area contributed by atoms with E-state index < -0.39 is 0 Å². The molecule has 0 unspecified atom stereocenters. The van der Waals surface area contributed by atoms with Crippen molar-refractivity contribution in [3.8, 4) is 22.9 Å². The fourth-order valence-corrected chi connectivity index (χ4v) is 6.34. The molecule has 9 aromatic rings. The Morgan fingerprint density at radius 3 is 1.93 bits per heavy atom. The lowest BCUT2D eigenvalue weighted by atomic mass is 10.1. The number of hydrogen-bond acceptors (Lipinski definition) is 3. The van der Waals surface area contributed by atoms with Crippen molar-refractivity contribution in [1.29, 1.82) is 0 Å². The zero-order valence-corrected chi connectivity index (χ0v) is 22.5. The molecule has 4 aromatic heterocycles. The molecule has 0 radical (unpaired) electrons. The second kappa shape index (κ2) is 8.85. The molecular weight excluding hydrogens is 514 g/mol. The number of fused-ring (bicyclic) bond motifs is 7. The third kappa shape index (κ3) is 3.28. The lowest BCUT2D eigenvalue weighted by molar-refractivity contribution is 0.998. The maximum atomic E-state index is 5.22. The van der Waals surface area contributed by atoms with E-state index in [1.807, 2.05) is 42.6 Å². The lowest BCUT2D eigenvalue weighted by Crippen LogP contribution is -2.04. The normalized spacial score (nSPS) is 11.8. The van der Waals surface area contributed by atoms with Crippen LogP contribution in [-0.4, -0.2) is 24.1 Å². The second-order valence-corrected chi connectivity index (χ2v) is 10.5. The van der Waals surface area contributed by atoms with Crippen molar-refractivity contribution in [2.45, 2.75) is 0 Å². The van der Waals surface area contributed by atoms with Gasteiger partial charge < -0.3 is 4.57 Å². The molecule has 5 nitrogen and oxygen atoms in total. The average molecular weight is 538 g/mol. The first-order valence-corrected chi connectivity index (χ1v) is 14.1. The molecule has 9 rings (SSSR count). The van der Waals surface area contributed by atoms with Crippen LogP contribution in [0.1, 0.15) is 0 Å². The van der Waals surface area contributed by atoms with Gasteiger partial charge in [-0.2, -0.15) is 0 Å². The molecule has 0 N–H and O–H groups in total. The fraction of sp³-hybridized carbons (Fsp3) is 0. The molecule has 0 amide bonds. The molecule has 0 aliphatic carbocycles. The van der Waals surface area contributed by atoms with Crippen molar-refractivity contribution in [2.75, 3.05) is 0 Å². The van der Waals surface area contributed by atoms with Gasteiger partial charge in [0, 0.05) is 44.4 Å². The first-order chi connectivity index (χ1) is 20.8. The van der Waals surface area contributed by atoms with Gasteiger partial charge in [-0.05, 0) is 48.5 Å². The van der Waals surface area contributed by atoms with E-state index >= 15 is 0 Å². The summed E-state index contributed by atoms with van der Waals surface area (Å²) in [6.07, 6.45) is 1.84. The van der Waals surface area contributed by atoms with E-state index in [4.69, 9.17) is 15.0 Å². The highest BCUT2D eigenvalue weighted by Crippen LogP contribution is 2.39. The van der Waals surface area contributed by atoms with E-state index in [1.54, 1.807) is 0 Å². The summed E-state index contributed by atoms with van der Waals surface area (Å²) >= 11 is 0. The minimum atomic E-state index is 0.609. The van der Waals surface area contributed by atoms with Crippen LogP contribution >= 0.6 is 0 Å². The molecule has 5 aromatic carbocycles. The van der Waals surface area contributed by atoms with E-state index in [0.29, 0.717) is 5.95 Å². The SMILES string of the molecule is c1ccc(-c2nc(-n3c4cc5c6ccccc6n(-c6ccccc6)c5cc4c4cccnc43)nc3ccccc23)cc1. The van der Waals surface area contributed by atoms with Crippen molar-refractivity contribution >= 4 is 54.6 Å². The molecule has 0 aliphatic rings. The Hall–Kier alpha value is -5.81. The summed E-state index contributed by atoms with van der Waals surface area (Å²) in [5, 5.41) is 5.58. The van der Waals surface area contributed by atoms with Gasteiger partial charge in [0.1, 0.15) is 5.65 Å². The lowest BCUT2D eigenvalue weighted by Gasteiger charge is -2.11. The number of rotatable bonds is 3. The maximum Gasteiger partial charge on any atom is 0.237 e. The Morgan fingerprint density at radius 2 is 1.10 bits per heavy atom. The number of pyridine rings is 1. The van der Waals surface area contributed by atoms with Crippen LogP contribution in [0.3, 0.4) is 0 Å². The predicted octanol–water partition coefficient (Wildman–Crippen LogP) is 8.89. The van der Waals surface area contributed by atoms with Crippen LogP contribution in [0.15, 0.2) is 140 Å². The van der Waals surface area contributed by atoms with E-state index in [1.165, 1.54) is 16.3 Å². The van der Waals surface area contributed by atoms with Gasteiger partial charge >= 0.3 is 0 Å². The van der Waals surface area contributed by atoms with Crippen LogP contribution in [0.4, 0.5) is 0 Å². The highest BCUT2D eigenvalue weighted by molar-refractivity contribution is 6.18. The molecule has 0 saturated heterocycles. The summed E-state index contributed by atoms with van der Waals surface area (Å²) in [5.41, 5.74) is 8.19. The molecule has 5 heteroatoms. The molecule has 42 heavy (non-hydrogen) atoms. The van der Waals surface area contributed by atoms with Crippen molar-refractivity contribution in [3.05, 3.63) is 140 Å². The predicted molar refractivity (Wildman–Crippen MR) is 171 cm³/mol. The smallest absolute Gasteiger partial charge is 0.237 e. The fourth-order valence-electron chi connectivity index (χ4n) is 6.34. The summed E-state index contributed by atoms with van der Waals surface area (Å²) in [6.45, 7) is 0. The van der Waals surface area contributed by atoms with Crippen molar-refractivity contribution in [1.82, 2.24) is 24.1 Å². The Morgan fingerprint density at radius 1 is 0.452 bits per heavy atom. The molecule has 0 aliphatic heterocycles. The van der Waals surface area contributed by atoms with Gasteiger partial charge in [-0.15, -0.1) is 0 Å². The molecular formula is C37H23N5. The minimum absolute atomic E-state index is 0.609. The van der Waals surface area contributed by atoms with E-state index in [2.05, 4.69) is 106 Å². The summed E-state index contributed by atoms with van der Waals surface area (Å²) in [4.78, 5) is 15.2. The quantitative estimate of drug-likeness (QED) is 0.226. The zero-order valence-electron chi connectivity index (χ0n) is 22.5. The van der Waals surface area contributed by atoms with Gasteiger partial charge in [0.15, 0.2) is 0 Å². The Balaban J connectivity index is 1.43. The van der Waals surface area contributed by atoms with E-state index in [-0.39, 0.29) is 0 Å². The summed E-state index contributed by atoms with van der Waals surface area (Å²) < 4.78 is 4.47. The molecule has 0 bridgehead atoms. The Bertz CT molecular complexity index is 2450. The Kier molecular flexibility index (Phi) is 4.83. The largest absolute Gasteiger partial charge is 0.309 e. The maximum absolute atomic E-state index is 5.22. The van der Waals surface area contributed by atoms with Gasteiger partial charge in [-0.1, -0.05) is 84.9 Å². The number of para-hydroxylation sites is 3. The van der Waals surface area contributed by atoms with Gasteiger partial charge in [0.2, 0.25) is 5.95 Å². The molecule has 0 fully saturated rings. The van der Waals surface area contributed by atoms with Crippen molar-refractivity contribution in [3.63, 3.8) is 0 Å². The molecule has 0 spiro atoms. The highest BCUT2D eigenvalue weighted by Gasteiger charge is 2.21. The summed E-state index contributed by atoms with van der Waals surface area (Å²) in [5.74, 6) is 0.609. The van der Waals surface area contributed by atoms with Crippen LogP contribution in [-0.2, 0) is 0 Å². The van der Waals surface area contributed by atoms with Crippen LogP contribution in [0.25, 0.3) is 77.5 Å². The number of aromatic nitrogens is 5. The zero-order chi connectivity index (χ0) is 27.6. The van der Waals surface area contributed by atoms with Crippen LogP contribution < -0.4 is 0 Å². The van der Waals surface area contributed by atoms with Crippen molar-refractivity contribution < 1.29 is 0 Å². The molecule has 0 atom stereocenters. The Labute approximate surface area is 241 Å². The minimum Gasteiger partial charge on any atom is -0.309 e. The van der Waals surface area contributed by atoms with Crippen molar-refractivity contribution in [2.24, 2.45) is 0 Å². The topological polar surface area (TPSA) is 48.5 Å². The van der Waals surface area contributed by atoms with Crippen LogP contribution in [0.2, 0.25) is 0 Å².